The van der Waals surface area contributed by atoms with Gasteiger partial charge in [0.2, 0.25) is 0 Å². The number of aryl methyl sites for hydroxylation is 3. The molecule has 1 aromatic heterocycles. The summed E-state index contributed by atoms with van der Waals surface area (Å²) in [4.78, 5) is 17.1. The lowest BCUT2D eigenvalue weighted by Crippen LogP contribution is -2.24. The molecule has 5 heteroatoms. The lowest BCUT2D eigenvalue weighted by atomic mass is 10.1. The van der Waals surface area contributed by atoms with Crippen LogP contribution in [-0.2, 0) is 19.4 Å². The van der Waals surface area contributed by atoms with Crippen molar-refractivity contribution in [2.75, 3.05) is 6.54 Å². The Morgan fingerprint density at radius 3 is 2.39 bits per heavy atom. The van der Waals surface area contributed by atoms with Gasteiger partial charge in [0.05, 0.1) is 11.0 Å². The Kier molecular flexibility index (Phi) is 8.15. The molecule has 0 radical (unpaired) electrons. The second-order valence-corrected chi connectivity index (χ2v) is 8.77. The molecule has 3 aromatic carbocycles. The molecule has 4 rings (SSSR count). The molecule has 170 valence electrons. The number of rotatable bonds is 11. The normalized spacial score (nSPS) is 11.1. The van der Waals surface area contributed by atoms with Crippen LogP contribution in [0.1, 0.15) is 47.4 Å². The first kappa shape index (κ1) is 23.1. The molecule has 4 nitrogen and oxygen atoms in total. The van der Waals surface area contributed by atoms with E-state index in [1.54, 1.807) is 24.3 Å². The number of fused-ring (bicyclic) bond motifs is 1. The lowest BCUT2D eigenvalue weighted by molar-refractivity contribution is 0.0953. The smallest absolute Gasteiger partial charge is 0.251 e. The van der Waals surface area contributed by atoms with Gasteiger partial charge in [-0.25, -0.2) is 4.98 Å². The number of nitrogens with zero attached hydrogens (tertiary/aromatic N) is 2. The maximum absolute atomic E-state index is 12.2. The Bertz CT molecular complexity index is 1170. The largest absolute Gasteiger partial charge is 0.352 e. The standard InChI is InChI=1S/C28H30ClN3O/c29-24-18-16-23(17-19-24)28(33)30-20-8-2-5-15-27-31-25-13-6-7-14-26(25)32(27)21-9-12-22-10-3-1-4-11-22/h1,3-4,6-7,10-11,13-14,16-19H,2,5,8-9,12,15,20-21H2,(H,30,33). The Morgan fingerprint density at radius 1 is 0.818 bits per heavy atom. The van der Waals surface area contributed by atoms with Crippen molar-refractivity contribution >= 4 is 28.5 Å². The van der Waals surface area contributed by atoms with Gasteiger partial charge >= 0.3 is 0 Å². The molecule has 33 heavy (non-hydrogen) atoms. The molecule has 0 spiro atoms. The molecule has 1 N–H and O–H groups in total. The predicted molar refractivity (Wildman–Crippen MR) is 136 cm³/mol. The maximum atomic E-state index is 12.2. The van der Waals surface area contributed by atoms with Crippen LogP contribution < -0.4 is 5.32 Å². The number of amides is 1. The Labute approximate surface area is 200 Å². The molecular formula is C28H30ClN3O. The number of hydrogen-bond acceptors (Lipinski definition) is 2. The van der Waals surface area contributed by atoms with Crippen LogP contribution >= 0.6 is 11.6 Å². The van der Waals surface area contributed by atoms with E-state index in [0.29, 0.717) is 17.1 Å². The number of hydrogen-bond donors (Lipinski definition) is 1. The van der Waals surface area contributed by atoms with Crippen LogP contribution in [0.25, 0.3) is 11.0 Å². The SMILES string of the molecule is O=C(NCCCCCc1nc2ccccc2n1CCCc1ccccc1)c1ccc(Cl)cc1. The Morgan fingerprint density at radius 2 is 1.58 bits per heavy atom. The van der Waals surface area contributed by atoms with Gasteiger partial charge in [-0.3, -0.25) is 4.79 Å². The summed E-state index contributed by atoms with van der Waals surface area (Å²) in [7, 11) is 0. The fourth-order valence-corrected chi connectivity index (χ4v) is 4.27. The van der Waals surface area contributed by atoms with E-state index in [4.69, 9.17) is 16.6 Å². The van der Waals surface area contributed by atoms with Crippen molar-refractivity contribution in [3.63, 3.8) is 0 Å². The van der Waals surface area contributed by atoms with E-state index in [9.17, 15) is 4.79 Å². The van der Waals surface area contributed by atoms with Crippen LogP contribution in [0.5, 0.6) is 0 Å². The fourth-order valence-electron chi connectivity index (χ4n) is 4.14. The second kappa shape index (κ2) is 11.7. The summed E-state index contributed by atoms with van der Waals surface area (Å²) in [6.45, 7) is 1.65. The number of aromatic nitrogens is 2. The van der Waals surface area contributed by atoms with Crippen molar-refractivity contribution in [3.05, 3.63) is 101 Å². The van der Waals surface area contributed by atoms with Gasteiger partial charge in [-0.05, 0) is 67.6 Å². The molecular weight excluding hydrogens is 430 g/mol. The zero-order chi connectivity index (χ0) is 22.9. The van der Waals surface area contributed by atoms with Gasteiger partial charge in [0.15, 0.2) is 0 Å². The van der Waals surface area contributed by atoms with Gasteiger partial charge < -0.3 is 9.88 Å². The molecule has 4 aromatic rings. The Balaban J connectivity index is 1.26. The highest BCUT2D eigenvalue weighted by Gasteiger charge is 2.10. The third-order valence-electron chi connectivity index (χ3n) is 5.89. The van der Waals surface area contributed by atoms with Crippen LogP contribution in [-0.4, -0.2) is 22.0 Å². The van der Waals surface area contributed by atoms with Crippen molar-refractivity contribution in [3.8, 4) is 0 Å². The molecule has 0 aliphatic rings. The van der Waals surface area contributed by atoms with Crippen molar-refractivity contribution < 1.29 is 4.79 Å². The number of carbonyl (C=O) groups is 1. The minimum Gasteiger partial charge on any atom is -0.352 e. The van der Waals surface area contributed by atoms with Crippen LogP contribution in [0.3, 0.4) is 0 Å². The van der Waals surface area contributed by atoms with Gasteiger partial charge in [0.1, 0.15) is 5.82 Å². The molecule has 1 amide bonds. The minimum atomic E-state index is -0.0492. The molecule has 0 atom stereocenters. The van der Waals surface area contributed by atoms with Gasteiger partial charge in [-0.1, -0.05) is 60.5 Å². The maximum Gasteiger partial charge on any atom is 0.251 e. The second-order valence-electron chi connectivity index (χ2n) is 8.33. The monoisotopic (exact) mass is 459 g/mol. The van der Waals surface area contributed by atoms with E-state index in [1.807, 2.05) is 0 Å². The third kappa shape index (κ3) is 6.45. The van der Waals surface area contributed by atoms with Crippen LogP contribution in [0.15, 0.2) is 78.9 Å². The topological polar surface area (TPSA) is 46.9 Å². The van der Waals surface area contributed by atoms with E-state index in [0.717, 1.165) is 56.4 Å². The summed E-state index contributed by atoms with van der Waals surface area (Å²) in [6.07, 6.45) is 6.17. The molecule has 0 saturated carbocycles. The van der Waals surface area contributed by atoms with Crippen LogP contribution in [0, 0.1) is 0 Å². The first-order valence-electron chi connectivity index (χ1n) is 11.7. The highest BCUT2D eigenvalue weighted by Crippen LogP contribution is 2.19. The van der Waals surface area contributed by atoms with Gasteiger partial charge in [-0.2, -0.15) is 0 Å². The van der Waals surface area contributed by atoms with Crippen LogP contribution in [0.2, 0.25) is 5.02 Å². The van der Waals surface area contributed by atoms with Gasteiger partial charge in [-0.15, -0.1) is 0 Å². The number of carbonyl (C=O) groups excluding carboxylic acids is 1. The predicted octanol–water partition coefficient (Wildman–Crippen LogP) is 6.47. The summed E-state index contributed by atoms with van der Waals surface area (Å²) in [5.74, 6) is 1.11. The molecule has 0 aliphatic heterocycles. The van der Waals surface area contributed by atoms with Crippen molar-refractivity contribution in [2.45, 2.75) is 45.1 Å². The highest BCUT2D eigenvalue weighted by molar-refractivity contribution is 6.30. The summed E-state index contributed by atoms with van der Waals surface area (Å²) in [5, 5.41) is 3.63. The molecule has 0 unspecified atom stereocenters. The number of imidazole rings is 1. The van der Waals surface area contributed by atoms with E-state index >= 15 is 0 Å². The summed E-state index contributed by atoms with van der Waals surface area (Å²) < 4.78 is 2.39. The average Bonchev–Trinajstić information content (AvgIpc) is 3.19. The first-order valence-corrected chi connectivity index (χ1v) is 12.1. The number of halogens is 1. The lowest BCUT2D eigenvalue weighted by Gasteiger charge is -2.10. The van der Waals surface area contributed by atoms with Crippen LogP contribution in [0.4, 0.5) is 0 Å². The van der Waals surface area contributed by atoms with Crippen molar-refractivity contribution in [1.29, 1.82) is 0 Å². The number of benzene rings is 3. The molecule has 0 aliphatic carbocycles. The quantitative estimate of drug-likeness (QED) is 0.261. The number of nitrogens with one attached hydrogen (secondary N) is 1. The third-order valence-corrected chi connectivity index (χ3v) is 6.14. The van der Waals surface area contributed by atoms with Gasteiger partial charge in [0, 0.05) is 30.1 Å². The zero-order valence-corrected chi connectivity index (χ0v) is 19.6. The van der Waals surface area contributed by atoms with Crippen molar-refractivity contribution in [2.24, 2.45) is 0 Å². The summed E-state index contributed by atoms with van der Waals surface area (Å²) >= 11 is 5.88. The molecule has 1 heterocycles. The van der Waals surface area contributed by atoms with E-state index < -0.39 is 0 Å². The first-order chi connectivity index (χ1) is 16.2. The fraction of sp³-hybridized carbons (Fsp3) is 0.286. The minimum absolute atomic E-state index is 0.0492. The highest BCUT2D eigenvalue weighted by atomic mass is 35.5. The summed E-state index contributed by atoms with van der Waals surface area (Å²) in [6, 6.07) is 26.0. The molecule has 0 fully saturated rings. The van der Waals surface area contributed by atoms with Crippen molar-refractivity contribution in [1.82, 2.24) is 14.9 Å². The summed E-state index contributed by atoms with van der Waals surface area (Å²) in [5.41, 5.74) is 4.31. The van der Waals surface area contributed by atoms with Gasteiger partial charge in [0.25, 0.3) is 5.91 Å². The zero-order valence-electron chi connectivity index (χ0n) is 18.8. The average molecular weight is 460 g/mol. The van der Waals surface area contributed by atoms with E-state index in [-0.39, 0.29) is 5.91 Å². The van der Waals surface area contributed by atoms with E-state index in [1.165, 1.54) is 11.1 Å². The number of unbranched alkanes of at least 4 members (excludes halogenated alkanes) is 2. The Hall–Kier alpha value is -3.11. The van der Waals surface area contributed by atoms with E-state index in [2.05, 4.69) is 64.5 Å². The molecule has 0 bridgehead atoms. The molecule has 0 saturated heterocycles. The number of para-hydroxylation sites is 2.